The van der Waals surface area contributed by atoms with Gasteiger partial charge in [0.05, 0.1) is 0 Å². The van der Waals surface area contributed by atoms with E-state index >= 15 is 0 Å². The Morgan fingerprint density at radius 3 is 2.56 bits per heavy atom. The summed E-state index contributed by atoms with van der Waals surface area (Å²) in [7, 11) is 0. The van der Waals surface area contributed by atoms with E-state index in [-0.39, 0.29) is 11.6 Å². The number of Topliss-reactive ketones (excluding diaryl/α,β-unsaturated/α-hetero) is 2. The summed E-state index contributed by atoms with van der Waals surface area (Å²) in [5.74, 6) is -0.446. The molecule has 0 bridgehead atoms. The van der Waals surface area contributed by atoms with Crippen LogP contribution in [0, 0.1) is 5.41 Å². The van der Waals surface area contributed by atoms with Crippen molar-refractivity contribution in [1.29, 1.82) is 0 Å². The number of ketones is 2. The number of dihydropyridines is 1. The molecule has 0 saturated heterocycles. The normalized spacial score (nSPS) is 22.6. The van der Waals surface area contributed by atoms with Crippen LogP contribution < -0.4 is 5.32 Å². The van der Waals surface area contributed by atoms with Gasteiger partial charge in [0.25, 0.3) is 0 Å². The van der Waals surface area contributed by atoms with E-state index in [0.717, 1.165) is 29.8 Å². The SMILES string of the molecule is CC(=O)C1=C(C)NC2=C(C(=O)C(C)(C)CC2)C1c1ccc(Cl)cc1Cl. The van der Waals surface area contributed by atoms with Crippen molar-refractivity contribution < 1.29 is 9.59 Å². The quantitative estimate of drug-likeness (QED) is 0.771. The molecule has 0 amide bonds. The zero-order valence-corrected chi connectivity index (χ0v) is 16.3. The Kier molecular flexibility index (Phi) is 4.59. The Morgan fingerprint density at radius 2 is 1.96 bits per heavy atom. The molecule has 1 aromatic rings. The Morgan fingerprint density at radius 1 is 1.28 bits per heavy atom. The molecule has 0 spiro atoms. The number of rotatable bonds is 2. The van der Waals surface area contributed by atoms with E-state index in [1.807, 2.05) is 26.8 Å². The number of hydrogen-bond acceptors (Lipinski definition) is 3. The molecule has 1 heterocycles. The number of carbonyl (C=O) groups is 2. The molecule has 1 aliphatic heterocycles. The molecule has 0 aromatic heterocycles. The second kappa shape index (κ2) is 6.30. The molecule has 1 unspecified atom stereocenters. The van der Waals surface area contributed by atoms with E-state index in [4.69, 9.17) is 23.2 Å². The highest BCUT2D eigenvalue weighted by atomic mass is 35.5. The Balaban J connectivity index is 2.27. The molecule has 1 aromatic carbocycles. The molecule has 1 atom stereocenters. The molecule has 3 rings (SSSR count). The van der Waals surface area contributed by atoms with Gasteiger partial charge in [-0.15, -0.1) is 0 Å². The van der Waals surface area contributed by atoms with Gasteiger partial charge in [-0.1, -0.05) is 43.1 Å². The van der Waals surface area contributed by atoms with Crippen LogP contribution >= 0.6 is 23.2 Å². The predicted molar refractivity (Wildman–Crippen MR) is 101 cm³/mol. The Bertz CT molecular complexity index is 849. The van der Waals surface area contributed by atoms with Crippen LogP contribution in [-0.4, -0.2) is 11.6 Å². The molecule has 25 heavy (non-hydrogen) atoms. The predicted octanol–water partition coefficient (Wildman–Crippen LogP) is 5.19. The molecule has 5 heteroatoms. The largest absolute Gasteiger partial charge is 0.362 e. The van der Waals surface area contributed by atoms with Crippen molar-refractivity contribution in [2.75, 3.05) is 0 Å². The van der Waals surface area contributed by atoms with Crippen molar-refractivity contribution in [3.8, 4) is 0 Å². The summed E-state index contributed by atoms with van der Waals surface area (Å²) >= 11 is 12.5. The second-order valence-corrected chi connectivity index (χ2v) is 8.27. The van der Waals surface area contributed by atoms with Gasteiger partial charge in [-0.3, -0.25) is 9.59 Å². The van der Waals surface area contributed by atoms with Gasteiger partial charge in [0.1, 0.15) is 0 Å². The average Bonchev–Trinajstić information content (AvgIpc) is 2.50. The minimum absolute atomic E-state index is 0.0660. The lowest BCUT2D eigenvalue weighted by atomic mass is 9.67. The maximum absolute atomic E-state index is 13.2. The monoisotopic (exact) mass is 377 g/mol. The van der Waals surface area contributed by atoms with E-state index < -0.39 is 11.3 Å². The highest BCUT2D eigenvalue weighted by Gasteiger charge is 2.44. The summed E-state index contributed by atoms with van der Waals surface area (Å²) in [5, 5.41) is 4.29. The third-order valence-electron chi connectivity index (χ3n) is 5.16. The smallest absolute Gasteiger partial charge is 0.167 e. The van der Waals surface area contributed by atoms with Gasteiger partial charge >= 0.3 is 0 Å². The molecular formula is C20H21Cl2NO2. The topological polar surface area (TPSA) is 46.2 Å². The van der Waals surface area contributed by atoms with E-state index in [2.05, 4.69) is 5.32 Å². The average molecular weight is 378 g/mol. The fourth-order valence-corrected chi connectivity index (χ4v) is 4.31. The summed E-state index contributed by atoms with van der Waals surface area (Å²) in [6.45, 7) is 7.32. The maximum atomic E-state index is 13.2. The van der Waals surface area contributed by atoms with Gasteiger partial charge in [0.2, 0.25) is 0 Å². The van der Waals surface area contributed by atoms with Gasteiger partial charge in [-0.05, 0) is 44.4 Å². The fraction of sp³-hybridized carbons (Fsp3) is 0.400. The summed E-state index contributed by atoms with van der Waals surface area (Å²) in [5.41, 5.74) is 3.24. The van der Waals surface area contributed by atoms with Crippen molar-refractivity contribution in [1.82, 2.24) is 5.32 Å². The molecule has 0 fully saturated rings. The first-order valence-corrected chi connectivity index (χ1v) is 9.10. The van der Waals surface area contributed by atoms with Crippen molar-refractivity contribution in [2.45, 2.75) is 46.5 Å². The van der Waals surface area contributed by atoms with Crippen molar-refractivity contribution in [3.63, 3.8) is 0 Å². The lowest BCUT2D eigenvalue weighted by molar-refractivity contribution is -0.124. The van der Waals surface area contributed by atoms with Crippen LogP contribution in [0.15, 0.2) is 40.7 Å². The number of halogens is 2. The van der Waals surface area contributed by atoms with Crippen LogP contribution in [0.5, 0.6) is 0 Å². The second-order valence-electron chi connectivity index (χ2n) is 7.42. The first-order valence-electron chi connectivity index (χ1n) is 8.35. The summed E-state index contributed by atoms with van der Waals surface area (Å²) in [4.78, 5) is 25.6. The van der Waals surface area contributed by atoms with E-state index in [1.54, 1.807) is 12.1 Å². The van der Waals surface area contributed by atoms with Gasteiger partial charge in [0.15, 0.2) is 11.6 Å². The highest BCUT2D eigenvalue weighted by molar-refractivity contribution is 6.35. The molecule has 132 valence electrons. The maximum Gasteiger partial charge on any atom is 0.167 e. The van der Waals surface area contributed by atoms with Gasteiger partial charge in [-0.2, -0.15) is 0 Å². The molecule has 2 aliphatic rings. The standard InChI is InChI=1S/C20H21Cl2NO2/c1-10-16(11(2)24)17(13-6-5-12(21)9-14(13)22)18-15(23-10)7-8-20(3,4)19(18)25/h5-6,9,17,23H,7-8H2,1-4H3. The van der Waals surface area contributed by atoms with E-state index in [9.17, 15) is 9.59 Å². The third-order valence-corrected chi connectivity index (χ3v) is 5.72. The Labute approximate surface area is 158 Å². The van der Waals surface area contributed by atoms with Crippen molar-refractivity contribution >= 4 is 34.8 Å². The third kappa shape index (κ3) is 3.04. The van der Waals surface area contributed by atoms with Crippen LogP contribution in [0.1, 0.15) is 52.0 Å². The molecule has 0 radical (unpaired) electrons. The lowest BCUT2D eigenvalue weighted by Gasteiger charge is -2.39. The summed E-state index contributed by atoms with van der Waals surface area (Å²) in [6, 6.07) is 5.22. The number of carbonyl (C=O) groups excluding carboxylic acids is 2. The first-order chi connectivity index (χ1) is 11.6. The summed E-state index contributed by atoms with van der Waals surface area (Å²) in [6.07, 6.45) is 1.56. The van der Waals surface area contributed by atoms with Crippen LogP contribution in [0.3, 0.4) is 0 Å². The number of nitrogens with one attached hydrogen (secondary N) is 1. The number of hydrogen-bond donors (Lipinski definition) is 1. The zero-order chi connectivity index (χ0) is 18.5. The lowest BCUT2D eigenvalue weighted by Crippen LogP contribution is -2.40. The zero-order valence-electron chi connectivity index (χ0n) is 14.8. The minimum Gasteiger partial charge on any atom is -0.362 e. The fourth-order valence-electron chi connectivity index (χ4n) is 3.79. The van der Waals surface area contributed by atoms with E-state index in [1.165, 1.54) is 6.92 Å². The minimum atomic E-state index is -0.454. The number of allylic oxidation sites excluding steroid dienone is 4. The van der Waals surface area contributed by atoms with Crippen LogP contribution in [0.4, 0.5) is 0 Å². The van der Waals surface area contributed by atoms with Crippen molar-refractivity contribution in [3.05, 3.63) is 56.3 Å². The van der Waals surface area contributed by atoms with Gasteiger partial charge < -0.3 is 5.32 Å². The Hall–Kier alpha value is -1.58. The van der Waals surface area contributed by atoms with Crippen molar-refractivity contribution in [2.24, 2.45) is 5.41 Å². The molecule has 1 aliphatic carbocycles. The van der Waals surface area contributed by atoms with Gasteiger partial charge in [-0.25, -0.2) is 0 Å². The van der Waals surface area contributed by atoms with E-state index in [0.29, 0.717) is 21.2 Å². The molecular weight excluding hydrogens is 357 g/mol. The molecule has 1 N–H and O–H groups in total. The van der Waals surface area contributed by atoms with Crippen LogP contribution in [-0.2, 0) is 9.59 Å². The highest BCUT2D eigenvalue weighted by Crippen LogP contribution is 2.48. The first kappa shape index (κ1) is 18.2. The summed E-state index contributed by atoms with van der Waals surface area (Å²) < 4.78 is 0. The molecule has 3 nitrogen and oxygen atoms in total. The van der Waals surface area contributed by atoms with Gasteiger partial charge in [0, 0.05) is 43.9 Å². The molecule has 0 saturated carbocycles. The number of benzene rings is 1. The van der Waals surface area contributed by atoms with Crippen LogP contribution in [0.25, 0.3) is 0 Å². The van der Waals surface area contributed by atoms with Crippen LogP contribution in [0.2, 0.25) is 10.0 Å².